The van der Waals surface area contributed by atoms with E-state index >= 15 is 0 Å². The Morgan fingerprint density at radius 2 is 1.67 bits per heavy atom. The molecule has 21 heavy (non-hydrogen) atoms. The SMILES string of the molecule is O=C(CCS(=O)(=O)c1cc(Cl)ccc1Cl)c1ccccc1. The van der Waals surface area contributed by atoms with E-state index in [1.807, 2.05) is 0 Å². The van der Waals surface area contributed by atoms with Crippen molar-refractivity contribution in [2.24, 2.45) is 0 Å². The van der Waals surface area contributed by atoms with Crippen LogP contribution in [0.15, 0.2) is 53.4 Å². The fourth-order valence-corrected chi connectivity index (χ4v) is 3.87. The summed E-state index contributed by atoms with van der Waals surface area (Å²) in [7, 11) is -3.65. The minimum Gasteiger partial charge on any atom is -0.294 e. The van der Waals surface area contributed by atoms with Crippen LogP contribution in [-0.2, 0) is 9.84 Å². The van der Waals surface area contributed by atoms with Crippen molar-refractivity contribution in [2.75, 3.05) is 5.75 Å². The summed E-state index contributed by atoms with van der Waals surface area (Å²) in [4.78, 5) is 11.9. The van der Waals surface area contributed by atoms with E-state index < -0.39 is 9.84 Å². The van der Waals surface area contributed by atoms with Crippen molar-refractivity contribution in [2.45, 2.75) is 11.3 Å². The molecule has 2 aromatic rings. The summed E-state index contributed by atoms with van der Waals surface area (Å²) in [6, 6.07) is 12.8. The van der Waals surface area contributed by atoms with E-state index in [-0.39, 0.29) is 32.9 Å². The molecule has 0 aliphatic heterocycles. The van der Waals surface area contributed by atoms with Crippen LogP contribution < -0.4 is 0 Å². The number of halogens is 2. The number of hydrogen-bond acceptors (Lipinski definition) is 3. The van der Waals surface area contributed by atoms with Gasteiger partial charge in [-0.2, -0.15) is 0 Å². The molecule has 0 aliphatic rings. The molecule has 0 unspecified atom stereocenters. The molecule has 0 saturated carbocycles. The third-order valence-corrected chi connectivity index (χ3v) is 5.35. The molecule has 0 aromatic heterocycles. The predicted octanol–water partition coefficient (Wildman–Crippen LogP) is 4.04. The monoisotopic (exact) mass is 342 g/mol. The number of benzene rings is 2. The second kappa shape index (κ2) is 6.60. The highest BCUT2D eigenvalue weighted by Crippen LogP contribution is 2.26. The van der Waals surface area contributed by atoms with E-state index in [2.05, 4.69) is 0 Å². The molecule has 0 heterocycles. The van der Waals surface area contributed by atoms with Gasteiger partial charge < -0.3 is 0 Å². The number of Topliss-reactive ketones (excluding diaryl/α,β-unsaturated/α-hetero) is 1. The molecule has 110 valence electrons. The number of carbonyl (C=O) groups excluding carboxylic acids is 1. The molecule has 0 radical (unpaired) electrons. The van der Waals surface area contributed by atoms with Gasteiger partial charge >= 0.3 is 0 Å². The van der Waals surface area contributed by atoms with Crippen LogP contribution in [0.5, 0.6) is 0 Å². The molecule has 3 nitrogen and oxygen atoms in total. The summed E-state index contributed by atoms with van der Waals surface area (Å²) in [6.45, 7) is 0. The van der Waals surface area contributed by atoms with Gasteiger partial charge in [-0.3, -0.25) is 4.79 Å². The van der Waals surface area contributed by atoms with Crippen molar-refractivity contribution in [3.8, 4) is 0 Å². The smallest absolute Gasteiger partial charge is 0.180 e. The zero-order valence-corrected chi connectivity index (χ0v) is 13.3. The van der Waals surface area contributed by atoms with Gasteiger partial charge in [0.1, 0.15) is 0 Å². The van der Waals surface area contributed by atoms with E-state index in [0.717, 1.165) is 0 Å². The molecule has 0 spiro atoms. The van der Waals surface area contributed by atoms with Crippen LogP contribution in [0.3, 0.4) is 0 Å². The second-order valence-electron chi connectivity index (χ2n) is 4.43. The molecule has 0 bridgehead atoms. The zero-order chi connectivity index (χ0) is 15.5. The average Bonchev–Trinajstić information content (AvgIpc) is 2.48. The molecule has 2 rings (SSSR count). The van der Waals surface area contributed by atoms with Crippen LogP contribution in [0.2, 0.25) is 10.0 Å². The Morgan fingerprint density at radius 3 is 2.33 bits per heavy atom. The standard InChI is InChI=1S/C15H12Cl2O3S/c16-12-6-7-13(17)15(10-12)21(19,20)9-8-14(18)11-4-2-1-3-5-11/h1-7,10H,8-9H2. The number of ketones is 1. The fraction of sp³-hybridized carbons (Fsp3) is 0.133. The van der Waals surface area contributed by atoms with Crippen LogP contribution in [-0.4, -0.2) is 20.0 Å². The highest BCUT2D eigenvalue weighted by molar-refractivity contribution is 7.91. The van der Waals surface area contributed by atoms with E-state index in [0.29, 0.717) is 5.56 Å². The van der Waals surface area contributed by atoms with Gasteiger partial charge in [-0.25, -0.2) is 8.42 Å². The van der Waals surface area contributed by atoms with Crippen molar-refractivity contribution in [3.05, 3.63) is 64.1 Å². The van der Waals surface area contributed by atoms with E-state index in [1.165, 1.54) is 18.2 Å². The van der Waals surface area contributed by atoms with Crippen molar-refractivity contribution in [3.63, 3.8) is 0 Å². The highest BCUT2D eigenvalue weighted by atomic mass is 35.5. The molecule has 0 saturated heterocycles. The van der Waals surface area contributed by atoms with Crippen LogP contribution >= 0.6 is 23.2 Å². The second-order valence-corrected chi connectivity index (χ2v) is 7.35. The Hall–Kier alpha value is -1.36. The van der Waals surface area contributed by atoms with Gasteiger partial charge in [0.2, 0.25) is 0 Å². The number of hydrogen-bond donors (Lipinski definition) is 0. The summed E-state index contributed by atoms with van der Waals surface area (Å²) in [6.07, 6.45) is -0.102. The van der Waals surface area contributed by atoms with E-state index in [4.69, 9.17) is 23.2 Å². The van der Waals surface area contributed by atoms with Gasteiger partial charge in [0, 0.05) is 17.0 Å². The minimum absolute atomic E-state index is 0.0440. The van der Waals surface area contributed by atoms with Gasteiger partial charge in [-0.05, 0) is 18.2 Å². The topological polar surface area (TPSA) is 51.2 Å². The Bertz CT molecular complexity index is 756. The van der Waals surface area contributed by atoms with Crippen molar-refractivity contribution < 1.29 is 13.2 Å². The van der Waals surface area contributed by atoms with Gasteiger partial charge in [0.25, 0.3) is 0 Å². The fourth-order valence-electron chi connectivity index (χ4n) is 1.82. The first-order valence-corrected chi connectivity index (χ1v) is 8.57. The summed E-state index contributed by atoms with van der Waals surface area (Å²) in [5, 5.41) is 0.388. The maximum Gasteiger partial charge on any atom is 0.180 e. The molecule has 0 atom stereocenters. The molecule has 6 heteroatoms. The quantitative estimate of drug-likeness (QED) is 0.770. The largest absolute Gasteiger partial charge is 0.294 e. The third kappa shape index (κ3) is 4.06. The van der Waals surface area contributed by atoms with Crippen LogP contribution in [0.25, 0.3) is 0 Å². The third-order valence-electron chi connectivity index (χ3n) is 2.92. The molecular weight excluding hydrogens is 331 g/mol. The van der Waals surface area contributed by atoms with Gasteiger partial charge in [-0.1, -0.05) is 53.5 Å². The lowest BCUT2D eigenvalue weighted by Gasteiger charge is -2.07. The van der Waals surface area contributed by atoms with E-state index in [1.54, 1.807) is 30.3 Å². The number of rotatable bonds is 5. The Balaban J connectivity index is 2.15. The minimum atomic E-state index is -3.65. The van der Waals surface area contributed by atoms with Crippen LogP contribution in [0, 0.1) is 0 Å². The van der Waals surface area contributed by atoms with Crippen molar-refractivity contribution in [1.29, 1.82) is 0 Å². The number of sulfone groups is 1. The highest BCUT2D eigenvalue weighted by Gasteiger charge is 2.20. The molecule has 0 amide bonds. The molecule has 0 aliphatic carbocycles. The Kier molecular flexibility index (Phi) is 5.04. The van der Waals surface area contributed by atoms with Crippen LogP contribution in [0.4, 0.5) is 0 Å². The van der Waals surface area contributed by atoms with Crippen molar-refractivity contribution >= 4 is 38.8 Å². The summed E-state index contributed by atoms with van der Waals surface area (Å²) in [5.74, 6) is -0.529. The average molecular weight is 343 g/mol. The zero-order valence-electron chi connectivity index (χ0n) is 10.9. The predicted molar refractivity (Wildman–Crippen MR) is 83.9 cm³/mol. The van der Waals surface area contributed by atoms with Crippen molar-refractivity contribution in [1.82, 2.24) is 0 Å². The molecule has 0 fully saturated rings. The maximum atomic E-state index is 12.2. The van der Waals surface area contributed by atoms with E-state index in [9.17, 15) is 13.2 Å². The lowest BCUT2D eigenvalue weighted by Crippen LogP contribution is -2.12. The first-order valence-electron chi connectivity index (χ1n) is 6.16. The lowest BCUT2D eigenvalue weighted by atomic mass is 10.1. The summed E-state index contributed by atoms with van der Waals surface area (Å²) in [5.41, 5.74) is 0.491. The molecule has 0 N–H and O–H groups in total. The van der Waals surface area contributed by atoms with Gasteiger partial charge in [-0.15, -0.1) is 0 Å². The summed E-state index contributed by atoms with van der Waals surface area (Å²) < 4.78 is 24.5. The van der Waals surface area contributed by atoms with Gasteiger partial charge in [0.05, 0.1) is 15.7 Å². The van der Waals surface area contributed by atoms with Gasteiger partial charge in [0.15, 0.2) is 15.6 Å². The Labute approximate surface area is 133 Å². The Morgan fingerprint density at radius 1 is 1.00 bits per heavy atom. The normalized spacial score (nSPS) is 11.3. The summed E-state index contributed by atoms with van der Waals surface area (Å²) >= 11 is 11.7. The first kappa shape index (κ1) is 16.0. The maximum absolute atomic E-state index is 12.2. The first-order chi connectivity index (χ1) is 9.90. The molecular formula is C15H12Cl2O3S. The lowest BCUT2D eigenvalue weighted by molar-refractivity contribution is 0.0989. The van der Waals surface area contributed by atoms with Crippen LogP contribution in [0.1, 0.15) is 16.8 Å². The molecule has 2 aromatic carbocycles. The number of carbonyl (C=O) groups is 1.